The number of hydrogen-bond donors (Lipinski definition) is 1. The Morgan fingerprint density at radius 3 is 2.79 bits per heavy atom. The van der Waals surface area contributed by atoms with Gasteiger partial charge in [-0.1, -0.05) is 17.7 Å². The molecule has 0 amide bonds. The molecule has 0 bridgehead atoms. The van der Waals surface area contributed by atoms with Crippen LogP contribution in [0.2, 0.25) is 5.15 Å². The van der Waals surface area contributed by atoms with E-state index in [0.717, 1.165) is 0 Å². The van der Waals surface area contributed by atoms with Crippen LogP contribution in [-0.4, -0.2) is 14.7 Å². The second kappa shape index (κ2) is 5.59. The van der Waals surface area contributed by atoms with Gasteiger partial charge >= 0.3 is 0 Å². The molecule has 1 atom stereocenters. The van der Waals surface area contributed by atoms with Crippen molar-refractivity contribution in [1.82, 2.24) is 9.55 Å². The van der Waals surface area contributed by atoms with Gasteiger partial charge in [-0.05, 0) is 24.6 Å². The zero-order chi connectivity index (χ0) is 14.0. The summed E-state index contributed by atoms with van der Waals surface area (Å²) in [6, 6.07) is 4.36. The first-order valence-electron chi connectivity index (χ1n) is 5.75. The highest BCUT2D eigenvalue weighted by Gasteiger charge is 2.10. The van der Waals surface area contributed by atoms with Crippen molar-refractivity contribution in [2.45, 2.75) is 19.6 Å². The molecule has 1 aromatic heterocycles. The number of hydrogen-bond acceptors (Lipinski definition) is 3. The van der Waals surface area contributed by atoms with Gasteiger partial charge in [0.1, 0.15) is 17.6 Å². The Morgan fingerprint density at radius 1 is 1.53 bits per heavy atom. The molecule has 0 saturated carbocycles. The molecule has 0 spiro atoms. The molecular formula is C13H14ClFN2O2. The molecule has 102 valence electrons. The van der Waals surface area contributed by atoms with Crippen LogP contribution in [-0.2, 0) is 13.7 Å². The van der Waals surface area contributed by atoms with E-state index in [1.807, 2.05) is 0 Å². The zero-order valence-corrected chi connectivity index (χ0v) is 11.4. The maximum Gasteiger partial charge on any atom is 0.165 e. The van der Waals surface area contributed by atoms with Crippen molar-refractivity contribution in [2.24, 2.45) is 7.05 Å². The number of aromatic nitrogens is 2. The van der Waals surface area contributed by atoms with Crippen molar-refractivity contribution >= 4 is 11.6 Å². The summed E-state index contributed by atoms with van der Waals surface area (Å²) in [5.41, 5.74) is 0.505. The van der Waals surface area contributed by atoms with Crippen LogP contribution in [0.1, 0.15) is 24.4 Å². The highest BCUT2D eigenvalue weighted by molar-refractivity contribution is 6.29. The molecule has 6 heteroatoms. The van der Waals surface area contributed by atoms with Crippen LogP contribution < -0.4 is 4.74 Å². The summed E-state index contributed by atoms with van der Waals surface area (Å²) in [4.78, 5) is 4.05. The first-order chi connectivity index (χ1) is 8.99. The number of imidazole rings is 1. The number of rotatable bonds is 4. The largest absolute Gasteiger partial charge is 0.483 e. The molecule has 0 aliphatic rings. The molecule has 1 heterocycles. The lowest BCUT2D eigenvalue weighted by Crippen LogP contribution is -2.05. The van der Waals surface area contributed by atoms with Crippen molar-refractivity contribution in [2.75, 3.05) is 0 Å². The Bertz CT molecular complexity index is 584. The molecule has 1 N–H and O–H groups in total. The molecule has 1 aromatic carbocycles. The maximum absolute atomic E-state index is 13.7. The van der Waals surface area contributed by atoms with Gasteiger partial charge in [-0.15, -0.1) is 0 Å². The molecule has 0 saturated heterocycles. The number of ether oxygens (including phenoxy) is 1. The van der Waals surface area contributed by atoms with Crippen molar-refractivity contribution in [3.63, 3.8) is 0 Å². The number of aliphatic hydroxyl groups excluding tert-OH is 1. The van der Waals surface area contributed by atoms with E-state index in [0.29, 0.717) is 16.5 Å². The van der Waals surface area contributed by atoms with E-state index in [2.05, 4.69) is 4.98 Å². The summed E-state index contributed by atoms with van der Waals surface area (Å²) in [5, 5.41) is 9.84. The van der Waals surface area contributed by atoms with Crippen molar-refractivity contribution in [1.29, 1.82) is 0 Å². The van der Waals surface area contributed by atoms with Crippen molar-refractivity contribution in [3.05, 3.63) is 46.8 Å². The molecule has 19 heavy (non-hydrogen) atoms. The van der Waals surface area contributed by atoms with Crippen LogP contribution >= 0.6 is 11.6 Å². The SMILES string of the molecule is C[C@@H](O)c1ccc(OCc2ncc(Cl)n2C)c(F)c1. The molecule has 2 aromatic rings. The molecule has 0 aliphatic heterocycles. The van der Waals surface area contributed by atoms with Crippen LogP contribution in [0.25, 0.3) is 0 Å². The van der Waals surface area contributed by atoms with Crippen LogP contribution in [0.15, 0.2) is 24.4 Å². The Kier molecular flexibility index (Phi) is 4.07. The Hall–Kier alpha value is -1.59. The summed E-state index contributed by atoms with van der Waals surface area (Å²) in [5.74, 6) is 0.200. The molecule has 2 rings (SSSR count). The fourth-order valence-electron chi connectivity index (χ4n) is 1.59. The third kappa shape index (κ3) is 3.05. The van der Waals surface area contributed by atoms with Gasteiger partial charge < -0.3 is 14.4 Å². The summed E-state index contributed by atoms with van der Waals surface area (Å²) in [7, 11) is 1.75. The van der Waals surface area contributed by atoms with Crippen LogP contribution in [0.5, 0.6) is 5.75 Å². The predicted octanol–water partition coefficient (Wildman–Crippen LogP) is 2.84. The van der Waals surface area contributed by atoms with Crippen LogP contribution in [0, 0.1) is 5.82 Å². The summed E-state index contributed by atoms with van der Waals surface area (Å²) in [6.45, 7) is 1.69. The van der Waals surface area contributed by atoms with Gasteiger partial charge in [0.2, 0.25) is 0 Å². The van der Waals surface area contributed by atoms with Gasteiger partial charge in [0.05, 0.1) is 12.3 Å². The van der Waals surface area contributed by atoms with Crippen molar-refractivity contribution in [3.8, 4) is 5.75 Å². The second-order valence-corrected chi connectivity index (χ2v) is 4.60. The molecule has 0 fully saturated rings. The van der Waals surface area contributed by atoms with Gasteiger partial charge in [0, 0.05) is 7.05 Å². The van der Waals surface area contributed by atoms with E-state index in [-0.39, 0.29) is 12.4 Å². The lowest BCUT2D eigenvalue weighted by molar-refractivity contribution is 0.198. The fourth-order valence-corrected chi connectivity index (χ4v) is 1.74. The molecule has 4 nitrogen and oxygen atoms in total. The Labute approximate surface area is 115 Å². The number of halogens is 2. The first kappa shape index (κ1) is 13.8. The third-order valence-corrected chi connectivity index (χ3v) is 3.17. The minimum absolute atomic E-state index is 0.114. The quantitative estimate of drug-likeness (QED) is 0.939. The standard InChI is InChI=1S/C13H14ClFN2O2/c1-8(18)9-3-4-11(10(15)5-9)19-7-13-16-6-12(14)17(13)2/h3-6,8,18H,7H2,1-2H3/t8-/m1/s1. The lowest BCUT2D eigenvalue weighted by Gasteiger charge is -2.10. The maximum atomic E-state index is 13.7. The third-order valence-electron chi connectivity index (χ3n) is 2.82. The lowest BCUT2D eigenvalue weighted by atomic mass is 10.1. The Morgan fingerprint density at radius 2 is 2.26 bits per heavy atom. The number of benzene rings is 1. The van der Waals surface area contributed by atoms with Gasteiger partial charge in [-0.2, -0.15) is 0 Å². The monoisotopic (exact) mass is 284 g/mol. The summed E-state index contributed by atoms with van der Waals surface area (Å²) < 4.78 is 20.7. The van der Waals surface area contributed by atoms with E-state index in [4.69, 9.17) is 16.3 Å². The van der Waals surface area contributed by atoms with E-state index in [1.165, 1.54) is 18.3 Å². The highest BCUT2D eigenvalue weighted by Crippen LogP contribution is 2.23. The molecule has 0 aliphatic carbocycles. The van der Waals surface area contributed by atoms with E-state index in [1.54, 1.807) is 24.6 Å². The van der Waals surface area contributed by atoms with E-state index in [9.17, 15) is 9.50 Å². The zero-order valence-electron chi connectivity index (χ0n) is 10.6. The molecule has 0 radical (unpaired) electrons. The minimum Gasteiger partial charge on any atom is -0.483 e. The van der Waals surface area contributed by atoms with Gasteiger partial charge in [0.15, 0.2) is 11.6 Å². The van der Waals surface area contributed by atoms with Crippen molar-refractivity contribution < 1.29 is 14.2 Å². The molecular weight excluding hydrogens is 271 g/mol. The predicted molar refractivity (Wildman–Crippen MR) is 69.6 cm³/mol. The van der Waals surface area contributed by atoms with E-state index < -0.39 is 11.9 Å². The van der Waals surface area contributed by atoms with E-state index >= 15 is 0 Å². The first-order valence-corrected chi connectivity index (χ1v) is 6.13. The van der Waals surface area contributed by atoms with Gasteiger partial charge in [0.25, 0.3) is 0 Å². The second-order valence-electron chi connectivity index (χ2n) is 4.21. The number of aliphatic hydroxyl groups is 1. The summed E-state index contributed by atoms with van der Waals surface area (Å²) >= 11 is 5.84. The number of nitrogens with zero attached hydrogens (tertiary/aromatic N) is 2. The topological polar surface area (TPSA) is 47.3 Å². The highest BCUT2D eigenvalue weighted by atomic mass is 35.5. The minimum atomic E-state index is -0.711. The normalized spacial score (nSPS) is 12.5. The van der Waals surface area contributed by atoms with Crippen LogP contribution in [0.4, 0.5) is 4.39 Å². The fraction of sp³-hybridized carbons (Fsp3) is 0.308. The van der Waals surface area contributed by atoms with Gasteiger partial charge in [-0.25, -0.2) is 9.37 Å². The molecule has 0 unspecified atom stereocenters. The average Bonchev–Trinajstić information content (AvgIpc) is 2.68. The van der Waals surface area contributed by atoms with Gasteiger partial charge in [-0.3, -0.25) is 0 Å². The van der Waals surface area contributed by atoms with Crippen LogP contribution in [0.3, 0.4) is 0 Å². The summed E-state index contributed by atoms with van der Waals surface area (Å²) in [6.07, 6.45) is 0.796. The smallest absolute Gasteiger partial charge is 0.165 e. The Balaban J connectivity index is 2.10. The average molecular weight is 285 g/mol.